The molecule has 0 bridgehead atoms. The summed E-state index contributed by atoms with van der Waals surface area (Å²) in [5.74, 6) is 0. The van der Waals surface area contributed by atoms with Crippen LogP contribution < -0.4 is 10.4 Å². The van der Waals surface area contributed by atoms with E-state index >= 15 is 0 Å². The third-order valence-corrected chi connectivity index (χ3v) is 11.4. The molecule has 0 amide bonds. The van der Waals surface area contributed by atoms with E-state index in [-0.39, 0.29) is 11.6 Å². The number of benzene rings is 2. The molecule has 3 aromatic rings. The molecule has 0 aliphatic rings. The van der Waals surface area contributed by atoms with Crippen molar-refractivity contribution in [3.8, 4) is 0 Å². The Labute approximate surface area is 193 Å². The summed E-state index contributed by atoms with van der Waals surface area (Å²) >= 11 is 1.23. The third kappa shape index (κ3) is 4.93. The first kappa shape index (κ1) is 24.1. The van der Waals surface area contributed by atoms with E-state index in [1.54, 1.807) is 11.6 Å². The van der Waals surface area contributed by atoms with Crippen LogP contribution in [0, 0.1) is 0 Å². The van der Waals surface area contributed by atoms with E-state index < -0.39 is 26.6 Å². The van der Waals surface area contributed by atoms with Crippen molar-refractivity contribution in [3.05, 3.63) is 87.7 Å². The number of rotatable bonds is 9. The average molecular weight is 469 g/mol. The second-order valence-corrected chi connectivity index (χ2v) is 13.8. The van der Waals surface area contributed by atoms with Gasteiger partial charge in [-0.3, -0.25) is 0 Å². The molecule has 3 rings (SSSR count). The van der Waals surface area contributed by atoms with Gasteiger partial charge in [-0.05, 0) is 20.9 Å². The highest BCUT2D eigenvalue weighted by atomic mass is 32.1. The Balaban J connectivity index is 2.01. The first-order valence-electron chi connectivity index (χ1n) is 10.4. The topological polar surface area (TPSA) is 111 Å². The van der Waals surface area contributed by atoms with Gasteiger partial charge in [-0.15, -0.1) is 11.3 Å². The molecule has 0 saturated carbocycles. The Morgan fingerprint density at radius 2 is 1.62 bits per heavy atom. The molecule has 0 fully saturated rings. The predicted molar refractivity (Wildman–Crippen MR) is 130 cm³/mol. The number of aromatic nitrogens is 1. The van der Waals surface area contributed by atoms with E-state index in [1.165, 1.54) is 11.3 Å². The molecule has 0 radical (unpaired) electrons. The fourth-order valence-corrected chi connectivity index (χ4v) is 9.21. The minimum atomic E-state index is -2.88. The molecule has 2 aromatic carbocycles. The first-order valence-corrected chi connectivity index (χ1v) is 13.1. The fourth-order valence-electron chi connectivity index (χ4n) is 3.98. The number of azide groups is 1. The van der Waals surface area contributed by atoms with Gasteiger partial charge in [0.1, 0.15) is 11.1 Å². The van der Waals surface area contributed by atoms with Crippen molar-refractivity contribution in [2.75, 3.05) is 6.61 Å². The normalized spacial score (nSPS) is 14.9. The lowest BCUT2D eigenvalue weighted by Gasteiger charge is -2.43. The molecule has 9 heteroatoms. The number of hydrogen-bond donors (Lipinski definition) is 2. The van der Waals surface area contributed by atoms with Gasteiger partial charge in [-0.25, -0.2) is 4.98 Å². The zero-order valence-electron chi connectivity index (χ0n) is 18.4. The van der Waals surface area contributed by atoms with Gasteiger partial charge in [0.2, 0.25) is 0 Å². The number of nitrogens with zero attached hydrogens (tertiary/aromatic N) is 4. The molecule has 0 saturated heterocycles. The van der Waals surface area contributed by atoms with E-state index in [2.05, 4.69) is 60.0 Å². The maximum Gasteiger partial charge on any atom is 0.261 e. The SMILES string of the molecule is CC(C)(C)[Si](OC[C@@H](N=[N+]=[N-])[C@H](O)[C@H](O)c1nccs1)(c1ccccc1)c1ccccc1. The largest absolute Gasteiger partial charge is 0.407 e. The van der Waals surface area contributed by atoms with Gasteiger partial charge in [0, 0.05) is 23.1 Å². The highest BCUT2D eigenvalue weighted by molar-refractivity contribution is 7.09. The molecular formula is C23H28N4O3SSi. The summed E-state index contributed by atoms with van der Waals surface area (Å²) in [6.45, 7) is 6.38. The van der Waals surface area contributed by atoms with Crippen LogP contribution in [0.3, 0.4) is 0 Å². The molecule has 0 aliphatic carbocycles. The minimum absolute atomic E-state index is 0.0407. The second kappa shape index (κ2) is 10.4. The Morgan fingerprint density at radius 3 is 2.06 bits per heavy atom. The van der Waals surface area contributed by atoms with E-state index in [9.17, 15) is 10.2 Å². The molecule has 0 spiro atoms. The lowest BCUT2D eigenvalue weighted by molar-refractivity contribution is -0.00689. The number of thiazole rings is 1. The smallest absolute Gasteiger partial charge is 0.261 e. The zero-order valence-corrected chi connectivity index (χ0v) is 20.2. The molecule has 0 unspecified atom stereocenters. The average Bonchev–Trinajstić information content (AvgIpc) is 3.33. The van der Waals surface area contributed by atoms with Crippen LogP contribution in [-0.2, 0) is 4.43 Å². The summed E-state index contributed by atoms with van der Waals surface area (Å²) in [6.07, 6.45) is -1.07. The van der Waals surface area contributed by atoms with E-state index in [1.807, 2.05) is 36.4 Å². The van der Waals surface area contributed by atoms with E-state index in [0.717, 1.165) is 10.4 Å². The molecule has 32 heavy (non-hydrogen) atoms. The van der Waals surface area contributed by atoms with Crippen molar-refractivity contribution < 1.29 is 14.6 Å². The summed E-state index contributed by atoms with van der Waals surface area (Å²) in [5.41, 5.74) is 9.13. The lowest BCUT2D eigenvalue weighted by Crippen LogP contribution is -2.67. The van der Waals surface area contributed by atoms with Gasteiger partial charge in [0.15, 0.2) is 0 Å². The molecule has 2 N–H and O–H groups in total. The summed E-state index contributed by atoms with van der Waals surface area (Å²) in [5, 5.41) is 29.1. The van der Waals surface area contributed by atoms with Crippen LogP contribution in [0.25, 0.3) is 10.4 Å². The van der Waals surface area contributed by atoms with Crippen LogP contribution >= 0.6 is 11.3 Å². The van der Waals surface area contributed by atoms with E-state index in [0.29, 0.717) is 5.01 Å². The van der Waals surface area contributed by atoms with Gasteiger partial charge < -0.3 is 14.6 Å². The molecular weight excluding hydrogens is 440 g/mol. The summed E-state index contributed by atoms with van der Waals surface area (Å²) in [4.78, 5) is 6.97. The van der Waals surface area contributed by atoms with Crippen molar-refractivity contribution in [1.29, 1.82) is 0 Å². The maximum atomic E-state index is 10.8. The zero-order chi connectivity index (χ0) is 23.2. The van der Waals surface area contributed by atoms with Gasteiger partial charge in [-0.1, -0.05) is 86.5 Å². The highest BCUT2D eigenvalue weighted by Crippen LogP contribution is 2.37. The standard InChI is InChI=1S/C23H28N4O3SSi/c1-23(2,3)32(17-10-6-4-7-11-17,18-12-8-5-9-13-18)30-16-19(26-27-24)20(28)21(29)22-25-14-15-31-22/h4-15,19-21,28-29H,16H2,1-3H3/t19-,20+,21+/m1/s1. The number of aliphatic hydroxyl groups excluding tert-OH is 2. The van der Waals surface area contributed by atoms with Crippen LogP contribution in [0.5, 0.6) is 0 Å². The number of hydrogen-bond acceptors (Lipinski definition) is 6. The molecule has 7 nitrogen and oxygen atoms in total. The fraction of sp³-hybridized carbons (Fsp3) is 0.348. The van der Waals surface area contributed by atoms with Crippen LogP contribution in [0.15, 0.2) is 77.4 Å². The Bertz CT molecular complexity index is 983. The summed E-state index contributed by atoms with van der Waals surface area (Å²) in [6, 6.07) is 19.1. The van der Waals surface area contributed by atoms with Crippen molar-refractivity contribution in [2.24, 2.45) is 5.11 Å². The summed E-state index contributed by atoms with van der Waals surface area (Å²) < 4.78 is 6.76. The molecule has 1 aromatic heterocycles. The van der Waals surface area contributed by atoms with Crippen LogP contribution in [0.1, 0.15) is 31.9 Å². The monoisotopic (exact) mass is 468 g/mol. The molecule has 168 valence electrons. The van der Waals surface area contributed by atoms with Crippen molar-refractivity contribution in [2.45, 2.75) is 44.1 Å². The van der Waals surface area contributed by atoms with Gasteiger partial charge >= 0.3 is 0 Å². The quantitative estimate of drug-likeness (QED) is 0.215. The predicted octanol–water partition coefficient (Wildman–Crippen LogP) is 3.79. The highest BCUT2D eigenvalue weighted by Gasteiger charge is 2.50. The lowest BCUT2D eigenvalue weighted by atomic mass is 10.1. The second-order valence-electron chi connectivity index (χ2n) is 8.55. The van der Waals surface area contributed by atoms with Gasteiger partial charge in [-0.2, -0.15) is 0 Å². The third-order valence-electron chi connectivity index (χ3n) is 5.51. The maximum absolute atomic E-state index is 10.8. The van der Waals surface area contributed by atoms with Crippen molar-refractivity contribution >= 4 is 30.0 Å². The first-order chi connectivity index (χ1) is 15.3. The van der Waals surface area contributed by atoms with Crippen LogP contribution in [0.2, 0.25) is 5.04 Å². The minimum Gasteiger partial charge on any atom is -0.407 e. The van der Waals surface area contributed by atoms with Gasteiger partial charge in [0.25, 0.3) is 8.32 Å². The molecule has 3 atom stereocenters. The summed E-state index contributed by atoms with van der Waals surface area (Å²) in [7, 11) is -2.88. The number of aliphatic hydroxyl groups is 2. The van der Waals surface area contributed by atoms with Gasteiger partial charge in [0.05, 0.1) is 12.1 Å². The van der Waals surface area contributed by atoms with Crippen LogP contribution in [-0.4, -0.2) is 42.3 Å². The van der Waals surface area contributed by atoms with Crippen LogP contribution in [0.4, 0.5) is 0 Å². The molecule has 0 aliphatic heterocycles. The Hall–Kier alpha value is -2.52. The van der Waals surface area contributed by atoms with Crippen molar-refractivity contribution in [3.63, 3.8) is 0 Å². The Morgan fingerprint density at radius 1 is 1.06 bits per heavy atom. The van der Waals surface area contributed by atoms with E-state index in [4.69, 9.17) is 9.96 Å². The van der Waals surface area contributed by atoms with Crippen molar-refractivity contribution in [1.82, 2.24) is 4.98 Å². The Kier molecular flexibility index (Phi) is 7.84. The molecule has 1 heterocycles.